The molecule has 0 aliphatic heterocycles. The van der Waals surface area contributed by atoms with Crippen molar-refractivity contribution in [2.75, 3.05) is 0 Å². The molecule has 2 rings (SSSR count). The summed E-state index contributed by atoms with van der Waals surface area (Å²) in [4.78, 5) is 18.1. The van der Waals surface area contributed by atoms with E-state index in [2.05, 4.69) is 9.97 Å². The van der Waals surface area contributed by atoms with Crippen LogP contribution in [-0.2, 0) is 0 Å². The molecule has 5 nitrogen and oxygen atoms in total. The van der Waals surface area contributed by atoms with Gasteiger partial charge >= 0.3 is 5.97 Å². The maximum Gasteiger partial charge on any atom is 0.338 e. The first-order valence-electron chi connectivity index (χ1n) is 4.64. The van der Waals surface area contributed by atoms with Crippen molar-refractivity contribution in [1.29, 1.82) is 0 Å². The molecule has 0 saturated carbocycles. The van der Waals surface area contributed by atoms with Gasteiger partial charge in [-0.3, -0.25) is 4.98 Å². The summed E-state index contributed by atoms with van der Waals surface area (Å²) in [5, 5.41) is 8.72. The van der Waals surface area contributed by atoms with Gasteiger partial charge in [-0.25, -0.2) is 14.2 Å². The van der Waals surface area contributed by atoms with E-state index in [-0.39, 0.29) is 5.75 Å². The van der Waals surface area contributed by atoms with Crippen LogP contribution in [0.1, 0.15) is 10.4 Å². The molecule has 2 aromatic heterocycles. The van der Waals surface area contributed by atoms with Crippen molar-refractivity contribution in [2.24, 2.45) is 0 Å². The predicted octanol–water partition coefficient (Wildman–Crippen LogP) is 2.11. The van der Waals surface area contributed by atoms with Crippen LogP contribution in [0.15, 0.2) is 36.8 Å². The summed E-state index contributed by atoms with van der Waals surface area (Å²) in [6, 6.07) is 4.23. The lowest BCUT2D eigenvalue weighted by atomic mass is 10.2. The van der Waals surface area contributed by atoms with E-state index in [0.29, 0.717) is 0 Å². The van der Waals surface area contributed by atoms with Gasteiger partial charge in [0.2, 0.25) is 0 Å². The highest BCUT2D eigenvalue weighted by molar-refractivity contribution is 5.88. The fourth-order valence-corrected chi connectivity index (χ4v) is 1.18. The van der Waals surface area contributed by atoms with Crippen molar-refractivity contribution in [2.45, 2.75) is 0 Å². The summed E-state index contributed by atoms with van der Waals surface area (Å²) in [5.41, 5.74) is -0.487. The van der Waals surface area contributed by atoms with Crippen molar-refractivity contribution in [3.8, 4) is 11.6 Å². The highest BCUT2D eigenvalue weighted by Gasteiger charge is 2.16. The van der Waals surface area contributed by atoms with Gasteiger partial charge in [-0.1, -0.05) is 0 Å². The Bertz CT molecular complexity index is 546. The van der Waals surface area contributed by atoms with Gasteiger partial charge in [0.1, 0.15) is 11.3 Å². The number of hydrogen-bond acceptors (Lipinski definition) is 4. The minimum absolute atomic E-state index is 0.279. The second kappa shape index (κ2) is 4.56. The third kappa shape index (κ3) is 2.36. The van der Waals surface area contributed by atoms with Gasteiger partial charge in [-0.2, -0.15) is 0 Å². The van der Waals surface area contributed by atoms with E-state index in [4.69, 9.17) is 9.84 Å². The van der Waals surface area contributed by atoms with Crippen LogP contribution in [0.25, 0.3) is 0 Å². The number of carboxylic acid groups (broad SMARTS) is 1. The van der Waals surface area contributed by atoms with E-state index in [1.54, 1.807) is 12.1 Å². The molecule has 0 fully saturated rings. The Morgan fingerprint density at radius 2 is 2.18 bits per heavy atom. The Balaban J connectivity index is 2.34. The molecule has 86 valence electrons. The largest absolute Gasteiger partial charge is 0.478 e. The van der Waals surface area contributed by atoms with Crippen molar-refractivity contribution < 1.29 is 19.0 Å². The Kier molecular flexibility index (Phi) is 2.95. The van der Waals surface area contributed by atoms with Crippen LogP contribution >= 0.6 is 0 Å². The van der Waals surface area contributed by atoms with Crippen molar-refractivity contribution in [1.82, 2.24) is 9.97 Å². The molecule has 0 unspecified atom stereocenters. The molecule has 2 aromatic rings. The van der Waals surface area contributed by atoms with Gasteiger partial charge in [-0.05, 0) is 18.2 Å². The van der Waals surface area contributed by atoms with Gasteiger partial charge in [0.05, 0.1) is 6.20 Å². The molecule has 0 aliphatic rings. The maximum absolute atomic E-state index is 13.6. The van der Waals surface area contributed by atoms with E-state index in [9.17, 15) is 9.18 Å². The van der Waals surface area contributed by atoms with E-state index in [1.807, 2.05) is 0 Å². The number of aromatic nitrogens is 2. The maximum atomic E-state index is 13.6. The molecular formula is C11H7FN2O3. The number of hydrogen-bond donors (Lipinski definition) is 1. The van der Waals surface area contributed by atoms with Crippen molar-refractivity contribution >= 4 is 5.97 Å². The summed E-state index contributed by atoms with van der Waals surface area (Å²) < 4.78 is 18.7. The zero-order chi connectivity index (χ0) is 12.3. The van der Waals surface area contributed by atoms with Gasteiger partial charge in [0.25, 0.3) is 5.88 Å². The topological polar surface area (TPSA) is 72.3 Å². The number of rotatable bonds is 3. The van der Waals surface area contributed by atoms with Crippen molar-refractivity contribution in [3.63, 3.8) is 0 Å². The Morgan fingerprint density at radius 3 is 2.82 bits per heavy atom. The first kappa shape index (κ1) is 11.0. The summed E-state index contributed by atoms with van der Waals surface area (Å²) in [7, 11) is 0. The molecule has 0 spiro atoms. The molecule has 0 saturated heterocycles. The summed E-state index contributed by atoms with van der Waals surface area (Å²) in [6.07, 6.45) is 4.07. The number of pyridine rings is 2. The highest BCUT2D eigenvalue weighted by atomic mass is 19.1. The molecule has 0 aliphatic carbocycles. The average molecular weight is 234 g/mol. The fourth-order valence-electron chi connectivity index (χ4n) is 1.18. The van der Waals surface area contributed by atoms with Crippen LogP contribution < -0.4 is 4.74 Å². The molecule has 1 N–H and O–H groups in total. The zero-order valence-electron chi connectivity index (χ0n) is 8.50. The Morgan fingerprint density at radius 1 is 1.35 bits per heavy atom. The van der Waals surface area contributed by atoms with E-state index >= 15 is 0 Å². The van der Waals surface area contributed by atoms with E-state index < -0.39 is 23.2 Å². The summed E-state index contributed by atoms with van der Waals surface area (Å²) in [6.45, 7) is 0. The van der Waals surface area contributed by atoms with Crippen LogP contribution in [0, 0.1) is 5.82 Å². The minimum Gasteiger partial charge on any atom is -0.478 e. The standard InChI is InChI=1S/C11H7FN2O3/c12-9-8(11(15)16)3-5-14-10(9)17-7-2-1-4-13-6-7/h1-6H,(H,15,16). The van der Waals surface area contributed by atoms with Crippen LogP contribution in [-0.4, -0.2) is 21.0 Å². The van der Waals surface area contributed by atoms with E-state index in [1.165, 1.54) is 12.4 Å². The van der Waals surface area contributed by atoms with Gasteiger partial charge in [-0.15, -0.1) is 0 Å². The normalized spacial score (nSPS) is 9.94. The second-order valence-corrected chi connectivity index (χ2v) is 3.07. The van der Waals surface area contributed by atoms with Gasteiger partial charge < -0.3 is 9.84 Å². The van der Waals surface area contributed by atoms with Crippen LogP contribution in [0.3, 0.4) is 0 Å². The quantitative estimate of drug-likeness (QED) is 0.880. The lowest BCUT2D eigenvalue weighted by molar-refractivity contribution is 0.0690. The Labute approximate surface area is 95.5 Å². The number of nitrogens with zero attached hydrogens (tertiary/aromatic N) is 2. The second-order valence-electron chi connectivity index (χ2n) is 3.07. The predicted molar refractivity (Wildman–Crippen MR) is 55.5 cm³/mol. The first-order chi connectivity index (χ1) is 8.18. The molecule has 0 aromatic carbocycles. The number of carbonyl (C=O) groups is 1. The first-order valence-corrected chi connectivity index (χ1v) is 4.64. The van der Waals surface area contributed by atoms with E-state index in [0.717, 1.165) is 12.3 Å². The number of aromatic carboxylic acids is 1. The molecular weight excluding hydrogens is 227 g/mol. The lowest BCUT2D eigenvalue weighted by Crippen LogP contribution is -2.03. The zero-order valence-corrected chi connectivity index (χ0v) is 8.50. The van der Waals surface area contributed by atoms with Crippen LogP contribution in [0.2, 0.25) is 0 Å². The molecule has 0 amide bonds. The lowest BCUT2D eigenvalue weighted by Gasteiger charge is -2.05. The van der Waals surface area contributed by atoms with Gasteiger partial charge in [0, 0.05) is 12.4 Å². The SMILES string of the molecule is O=C(O)c1ccnc(Oc2cccnc2)c1F. The number of carboxylic acids is 1. The molecule has 0 radical (unpaired) electrons. The minimum atomic E-state index is -1.37. The molecule has 0 bridgehead atoms. The van der Waals surface area contributed by atoms with Crippen LogP contribution in [0.4, 0.5) is 4.39 Å². The van der Waals surface area contributed by atoms with Crippen molar-refractivity contribution in [3.05, 3.63) is 48.2 Å². The monoisotopic (exact) mass is 234 g/mol. The summed E-state index contributed by atoms with van der Waals surface area (Å²) >= 11 is 0. The van der Waals surface area contributed by atoms with Gasteiger partial charge in [0.15, 0.2) is 5.82 Å². The Hall–Kier alpha value is -2.50. The smallest absolute Gasteiger partial charge is 0.338 e. The van der Waals surface area contributed by atoms with Crippen LogP contribution in [0.5, 0.6) is 11.6 Å². The third-order valence-electron chi connectivity index (χ3n) is 1.94. The highest BCUT2D eigenvalue weighted by Crippen LogP contribution is 2.23. The molecule has 2 heterocycles. The molecule has 6 heteroatoms. The fraction of sp³-hybridized carbons (Fsp3) is 0. The number of ether oxygens (including phenoxy) is 1. The third-order valence-corrected chi connectivity index (χ3v) is 1.94. The summed E-state index contributed by atoms with van der Waals surface area (Å²) in [5.74, 6) is -2.50. The number of halogens is 1. The average Bonchev–Trinajstić information content (AvgIpc) is 2.33. The molecule has 0 atom stereocenters. The molecule has 17 heavy (non-hydrogen) atoms.